The number of hydrogen-bond acceptors (Lipinski definition) is 0. The predicted octanol–water partition coefficient (Wildman–Crippen LogP) is 10.9. The summed E-state index contributed by atoms with van der Waals surface area (Å²) in [4.78, 5) is 0.387. The minimum Gasteiger partial charge on any atom is -0.302 e. The lowest BCUT2D eigenvalue weighted by Crippen LogP contribution is -3.07. The number of aryl methyl sites for hydroxylation is 1. The van der Waals surface area contributed by atoms with Crippen LogP contribution in [0.4, 0.5) is 5.69 Å². The lowest BCUT2D eigenvalue weighted by atomic mass is 10.0. The first kappa shape index (κ1) is 32.4. The fourth-order valence-corrected chi connectivity index (χ4v) is 5.46. The summed E-state index contributed by atoms with van der Waals surface area (Å²) in [6.45, 7) is 13.5. The largest absolute Gasteiger partial charge is 0.354 e. The predicted molar refractivity (Wildman–Crippen MR) is 168 cm³/mol. The number of quaternary nitrogens is 1. The quantitative estimate of drug-likeness (QED) is 0.117. The van der Waals surface area contributed by atoms with Crippen molar-refractivity contribution in [2.24, 2.45) is 11.8 Å². The van der Waals surface area contributed by atoms with Crippen molar-refractivity contribution in [1.82, 2.24) is 0 Å². The van der Waals surface area contributed by atoms with E-state index in [-0.39, 0.29) is 0 Å². The van der Waals surface area contributed by atoms with Gasteiger partial charge in [-0.2, -0.15) is 0 Å². The van der Waals surface area contributed by atoms with Crippen LogP contribution < -0.4 is 4.89 Å². The molecule has 0 aliphatic rings. The van der Waals surface area contributed by atoms with Crippen molar-refractivity contribution in [3.8, 4) is 0 Å². The molecule has 0 amide bonds. The van der Waals surface area contributed by atoms with Crippen LogP contribution in [0.3, 0.4) is 0 Å². The normalized spacial score (nSPS) is 12.6. The Bertz CT molecular complexity index is 607. The van der Waals surface area contributed by atoms with Gasteiger partial charge in [0, 0.05) is 0 Å². The smallest absolute Gasteiger partial charge is 0.302 e. The molecule has 1 N–H and O–H groups in total. The molecule has 0 aliphatic heterocycles. The summed E-state index contributed by atoms with van der Waals surface area (Å²) in [7, 11) is 0. The van der Waals surface area contributed by atoms with Gasteiger partial charge in [0.1, 0.15) is 5.69 Å². The Hall–Kier alpha value is -0.820. The molecule has 0 bridgehead atoms. The first-order valence-corrected chi connectivity index (χ1v) is 16.9. The molecule has 0 spiro atoms. The second kappa shape index (κ2) is 24.2. The van der Waals surface area contributed by atoms with Gasteiger partial charge in [0.2, 0.25) is 0 Å². The average molecular weight is 516 g/mol. The first-order valence-electron chi connectivity index (χ1n) is 17.3. The Morgan fingerprint density at radius 2 is 0.919 bits per heavy atom. The molecule has 0 aromatic heterocycles. The maximum atomic E-state index is 9.46. The number of hydrogen-bond donors (Lipinski definition) is 1. The van der Waals surface area contributed by atoms with Gasteiger partial charge in [-0.1, -0.05) is 143 Å². The average Bonchev–Trinajstić information content (AvgIpc) is 2.89. The van der Waals surface area contributed by atoms with Gasteiger partial charge in [0.05, 0.1) is 13.1 Å². The molecule has 0 unspecified atom stereocenters. The van der Waals surface area contributed by atoms with E-state index in [1.807, 2.05) is 0 Å². The summed E-state index contributed by atoms with van der Waals surface area (Å²) in [6, 6.07) is 9.13. The van der Waals surface area contributed by atoms with Crippen molar-refractivity contribution >= 4 is 5.69 Å². The van der Waals surface area contributed by atoms with E-state index in [0.29, 0.717) is 4.89 Å². The second-order valence-electron chi connectivity index (χ2n) is 12.8. The highest BCUT2D eigenvalue weighted by Gasteiger charge is 2.12. The van der Waals surface area contributed by atoms with E-state index in [4.69, 9.17) is 0 Å². The highest BCUT2D eigenvalue weighted by molar-refractivity contribution is 5.32. The number of benzene rings is 1. The zero-order chi connectivity index (χ0) is 27.9. The molecule has 0 fully saturated rings. The molecule has 0 heterocycles. The van der Waals surface area contributed by atoms with Crippen LogP contribution in [-0.2, 0) is 6.42 Å². The van der Waals surface area contributed by atoms with Crippen LogP contribution in [0.25, 0.3) is 0 Å². The maximum Gasteiger partial charge on any atom is 0.354 e. The van der Waals surface area contributed by atoms with Gasteiger partial charge >= 0.3 is 1.41 Å². The molecule has 1 heteroatoms. The number of nitrogens with one attached hydrogen (secondary N) is 1. The van der Waals surface area contributed by atoms with Crippen LogP contribution in [0.5, 0.6) is 0 Å². The number of unbranched alkanes of at least 4 members (excludes halogenated alkanes) is 15. The van der Waals surface area contributed by atoms with Crippen LogP contribution >= 0.6 is 0 Å². The summed E-state index contributed by atoms with van der Waals surface area (Å²) < 4.78 is 9.46. The van der Waals surface area contributed by atoms with E-state index >= 15 is 0 Å². The fraction of sp³-hybridized carbons (Fsp3) is 0.833. The molecule has 0 saturated carbocycles. The molecule has 216 valence electrons. The molecule has 0 aliphatic carbocycles. The van der Waals surface area contributed by atoms with Gasteiger partial charge in [-0.25, -0.2) is 0 Å². The summed E-state index contributed by atoms with van der Waals surface area (Å²) >= 11 is 0. The Kier molecular flexibility index (Phi) is 21.2. The summed E-state index contributed by atoms with van der Waals surface area (Å²) in [5.74, 6) is 1.71. The Morgan fingerprint density at radius 1 is 0.541 bits per heavy atom. The SMILES string of the molecule is [2H][N+](CCCCCCCCCCC(C)C)(CCCCCCCCCCC(C)C)c1ccc(CCCC)cc1. The van der Waals surface area contributed by atoms with Gasteiger partial charge in [0.15, 0.2) is 0 Å². The minimum atomic E-state index is 0.387. The third kappa shape index (κ3) is 20.8. The second-order valence-corrected chi connectivity index (χ2v) is 12.8. The summed E-state index contributed by atoms with van der Waals surface area (Å²) in [6.07, 6.45) is 28.1. The molecular formula is C36H68N+. The summed E-state index contributed by atoms with van der Waals surface area (Å²) in [5.41, 5.74) is 2.64. The van der Waals surface area contributed by atoms with Gasteiger partial charge < -0.3 is 4.89 Å². The van der Waals surface area contributed by atoms with Crippen LogP contribution in [0.2, 0.25) is 1.41 Å². The molecule has 1 aromatic rings. The van der Waals surface area contributed by atoms with Crippen molar-refractivity contribution in [2.45, 2.75) is 169 Å². The molecule has 1 rings (SSSR count). The molecule has 0 radical (unpaired) electrons. The molecular weight excluding hydrogens is 446 g/mol. The van der Waals surface area contributed by atoms with Gasteiger partial charge in [-0.05, 0) is 68.1 Å². The van der Waals surface area contributed by atoms with Gasteiger partial charge in [-0.15, -0.1) is 0 Å². The maximum absolute atomic E-state index is 9.46. The van der Waals surface area contributed by atoms with E-state index in [9.17, 15) is 1.41 Å². The zero-order valence-electron chi connectivity index (χ0n) is 27.2. The number of rotatable bonds is 26. The fourth-order valence-electron chi connectivity index (χ4n) is 5.46. The van der Waals surface area contributed by atoms with E-state index < -0.39 is 0 Å². The highest BCUT2D eigenvalue weighted by Crippen LogP contribution is 2.14. The van der Waals surface area contributed by atoms with E-state index in [0.717, 1.165) is 24.9 Å². The van der Waals surface area contributed by atoms with Crippen LogP contribution in [0.1, 0.15) is 169 Å². The Balaban J connectivity index is 2.38. The van der Waals surface area contributed by atoms with Crippen molar-refractivity contribution < 1.29 is 6.30 Å². The third-order valence-corrected chi connectivity index (χ3v) is 8.04. The highest BCUT2D eigenvalue weighted by atomic mass is 15.1. The molecule has 37 heavy (non-hydrogen) atoms. The van der Waals surface area contributed by atoms with Crippen LogP contribution in [0, 0.1) is 11.8 Å². The van der Waals surface area contributed by atoms with Crippen molar-refractivity contribution in [3.63, 3.8) is 0 Å². The lowest BCUT2D eigenvalue weighted by molar-refractivity contribution is -0.833. The molecule has 1 nitrogen and oxygen atoms in total. The standard InChI is InChI=1S/C36H67N/c1-6-7-26-35-27-29-36(30-28-35)37(31-22-18-14-10-8-12-16-20-24-33(2)3)32-23-19-15-11-9-13-17-21-25-34(4)5/h27-30,33-34H,6-26,31-32H2,1-5H3/p+1/i/hD. The van der Waals surface area contributed by atoms with Crippen molar-refractivity contribution in [1.29, 1.82) is 0 Å². The lowest BCUT2D eigenvalue weighted by Gasteiger charge is -2.20. The van der Waals surface area contributed by atoms with Crippen molar-refractivity contribution in [2.75, 3.05) is 13.1 Å². The van der Waals surface area contributed by atoms with E-state index in [1.54, 1.807) is 0 Å². The van der Waals surface area contributed by atoms with Crippen molar-refractivity contribution in [3.05, 3.63) is 29.8 Å². The topological polar surface area (TPSA) is 4.44 Å². The molecule has 0 saturated heterocycles. The van der Waals surface area contributed by atoms with E-state index in [1.165, 1.54) is 146 Å². The zero-order valence-corrected chi connectivity index (χ0v) is 26.2. The van der Waals surface area contributed by atoms with Gasteiger partial charge in [-0.3, -0.25) is 0 Å². The first-order chi connectivity index (χ1) is 18.4. The van der Waals surface area contributed by atoms with E-state index in [2.05, 4.69) is 58.9 Å². The monoisotopic (exact) mass is 516 g/mol. The Labute approximate surface area is 236 Å². The molecule has 1 aromatic carbocycles. The van der Waals surface area contributed by atoms with Crippen LogP contribution in [0.15, 0.2) is 24.3 Å². The summed E-state index contributed by atoms with van der Waals surface area (Å²) in [5, 5.41) is 0. The Morgan fingerprint density at radius 3 is 1.30 bits per heavy atom. The van der Waals surface area contributed by atoms with Gasteiger partial charge in [0.25, 0.3) is 0 Å². The van der Waals surface area contributed by atoms with Crippen LogP contribution in [-0.4, -0.2) is 13.1 Å². The molecule has 0 atom stereocenters. The minimum absolute atomic E-state index is 0.387. The third-order valence-electron chi connectivity index (χ3n) is 8.04.